The van der Waals surface area contributed by atoms with E-state index in [0.717, 1.165) is 18.4 Å². The molecule has 96 valence electrons. The molecule has 4 N–H and O–H groups in total. The van der Waals surface area contributed by atoms with Crippen LogP contribution in [0.15, 0.2) is 18.3 Å². The number of nitrogens with one attached hydrogen (secondary N) is 2. The number of aryl methyl sites for hydroxylation is 1. The van der Waals surface area contributed by atoms with E-state index >= 15 is 0 Å². The van der Waals surface area contributed by atoms with Crippen LogP contribution >= 0.6 is 0 Å². The molecule has 2 heterocycles. The molecule has 4 heteroatoms. The van der Waals surface area contributed by atoms with Crippen molar-refractivity contribution in [2.45, 2.75) is 44.8 Å². The Morgan fingerprint density at radius 2 is 2.17 bits per heavy atom. The standard InChI is InChI=1S/C14H20N4/c1-8-3-6-12-10(7-16-18-12)13(8)14-11(15)5-4-9(2)17-14/h3,6-7,9,11,14,17H,4-5,15H2,1-2H3,(H,16,18). The van der Waals surface area contributed by atoms with Gasteiger partial charge in [-0.15, -0.1) is 0 Å². The van der Waals surface area contributed by atoms with Crippen LogP contribution in [0.5, 0.6) is 0 Å². The fourth-order valence-corrected chi connectivity index (χ4v) is 2.98. The number of nitrogens with zero attached hydrogens (tertiary/aromatic N) is 1. The molecule has 1 aliphatic rings. The minimum Gasteiger partial charge on any atom is -0.326 e. The first-order valence-electron chi connectivity index (χ1n) is 6.61. The van der Waals surface area contributed by atoms with Crippen LogP contribution < -0.4 is 11.1 Å². The zero-order valence-electron chi connectivity index (χ0n) is 10.9. The van der Waals surface area contributed by atoms with Crippen molar-refractivity contribution in [2.24, 2.45) is 5.73 Å². The molecule has 4 nitrogen and oxygen atoms in total. The van der Waals surface area contributed by atoms with Gasteiger partial charge in [-0.1, -0.05) is 6.07 Å². The number of nitrogens with two attached hydrogens (primary N) is 1. The topological polar surface area (TPSA) is 66.7 Å². The van der Waals surface area contributed by atoms with E-state index in [9.17, 15) is 0 Å². The average molecular weight is 244 g/mol. The lowest BCUT2D eigenvalue weighted by Crippen LogP contribution is -2.47. The Morgan fingerprint density at radius 3 is 3.00 bits per heavy atom. The molecule has 1 aromatic heterocycles. The van der Waals surface area contributed by atoms with Crippen LogP contribution in [-0.4, -0.2) is 22.3 Å². The zero-order valence-corrected chi connectivity index (χ0v) is 10.9. The monoisotopic (exact) mass is 244 g/mol. The molecular weight excluding hydrogens is 224 g/mol. The van der Waals surface area contributed by atoms with E-state index in [4.69, 9.17) is 5.73 Å². The Labute approximate surface area is 107 Å². The maximum atomic E-state index is 6.31. The Balaban J connectivity index is 2.11. The maximum Gasteiger partial charge on any atom is 0.0653 e. The van der Waals surface area contributed by atoms with Crippen LogP contribution in [-0.2, 0) is 0 Å². The molecule has 1 aliphatic heterocycles. The van der Waals surface area contributed by atoms with Crippen molar-refractivity contribution in [3.63, 3.8) is 0 Å². The smallest absolute Gasteiger partial charge is 0.0653 e. The number of hydrogen-bond donors (Lipinski definition) is 3. The molecule has 1 aromatic carbocycles. The van der Waals surface area contributed by atoms with Gasteiger partial charge in [-0.25, -0.2) is 0 Å². The van der Waals surface area contributed by atoms with E-state index in [2.05, 4.69) is 41.5 Å². The number of aromatic nitrogens is 2. The van der Waals surface area contributed by atoms with Gasteiger partial charge in [0, 0.05) is 23.5 Å². The van der Waals surface area contributed by atoms with Crippen molar-refractivity contribution < 1.29 is 0 Å². The van der Waals surface area contributed by atoms with Gasteiger partial charge in [0.05, 0.1) is 11.7 Å². The lowest BCUT2D eigenvalue weighted by molar-refractivity contribution is 0.302. The molecule has 1 saturated heterocycles. The van der Waals surface area contributed by atoms with Gasteiger partial charge in [0.1, 0.15) is 0 Å². The molecule has 3 rings (SSSR count). The van der Waals surface area contributed by atoms with Gasteiger partial charge in [0.2, 0.25) is 0 Å². The van der Waals surface area contributed by atoms with E-state index in [-0.39, 0.29) is 12.1 Å². The number of rotatable bonds is 1. The van der Waals surface area contributed by atoms with Gasteiger partial charge in [-0.3, -0.25) is 5.10 Å². The van der Waals surface area contributed by atoms with E-state index in [1.54, 1.807) is 0 Å². The highest BCUT2D eigenvalue weighted by molar-refractivity contribution is 5.83. The lowest BCUT2D eigenvalue weighted by Gasteiger charge is -2.35. The Kier molecular flexibility index (Phi) is 2.84. The highest BCUT2D eigenvalue weighted by Crippen LogP contribution is 2.32. The fraction of sp³-hybridized carbons (Fsp3) is 0.500. The first-order valence-corrected chi connectivity index (χ1v) is 6.61. The summed E-state index contributed by atoms with van der Waals surface area (Å²) >= 11 is 0. The van der Waals surface area contributed by atoms with Gasteiger partial charge in [-0.05, 0) is 43.9 Å². The second-order valence-electron chi connectivity index (χ2n) is 5.41. The van der Waals surface area contributed by atoms with Crippen LogP contribution in [0.4, 0.5) is 0 Å². The molecule has 0 amide bonds. The maximum absolute atomic E-state index is 6.31. The summed E-state index contributed by atoms with van der Waals surface area (Å²) in [6.07, 6.45) is 4.13. The van der Waals surface area contributed by atoms with Gasteiger partial charge in [-0.2, -0.15) is 5.10 Å². The van der Waals surface area contributed by atoms with Crippen LogP contribution in [0, 0.1) is 6.92 Å². The average Bonchev–Trinajstić information content (AvgIpc) is 2.81. The number of aromatic amines is 1. The number of piperidine rings is 1. The molecule has 0 aliphatic carbocycles. The molecule has 3 atom stereocenters. The van der Waals surface area contributed by atoms with Gasteiger partial charge in [0.15, 0.2) is 0 Å². The minimum atomic E-state index is 0.181. The summed E-state index contributed by atoms with van der Waals surface area (Å²) in [5.74, 6) is 0. The van der Waals surface area contributed by atoms with Crippen molar-refractivity contribution in [3.05, 3.63) is 29.5 Å². The van der Waals surface area contributed by atoms with Crippen molar-refractivity contribution in [1.29, 1.82) is 0 Å². The third-order valence-corrected chi connectivity index (χ3v) is 4.02. The number of fused-ring (bicyclic) bond motifs is 1. The third-order valence-electron chi connectivity index (χ3n) is 4.02. The SMILES string of the molecule is Cc1ccc2[nH]ncc2c1C1NC(C)CCC1N. The van der Waals surface area contributed by atoms with E-state index < -0.39 is 0 Å². The zero-order chi connectivity index (χ0) is 12.7. The van der Waals surface area contributed by atoms with Gasteiger partial charge in [0.25, 0.3) is 0 Å². The van der Waals surface area contributed by atoms with Crippen molar-refractivity contribution in [2.75, 3.05) is 0 Å². The Hall–Kier alpha value is -1.39. The van der Waals surface area contributed by atoms with Crippen LogP contribution in [0.1, 0.15) is 36.9 Å². The Morgan fingerprint density at radius 1 is 1.33 bits per heavy atom. The summed E-state index contributed by atoms with van der Waals surface area (Å²) in [6, 6.07) is 5.16. The lowest BCUT2D eigenvalue weighted by atomic mass is 9.86. The molecule has 2 aromatic rings. The molecule has 3 unspecified atom stereocenters. The summed E-state index contributed by atoms with van der Waals surface area (Å²) in [5.41, 5.74) is 9.98. The van der Waals surface area contributed by atoms with Crippen LogP contribution in [0.3, 0.4) is 0 Å². The first kappa shape index (κ1) is 11.7. The van der Waals surface area contributed by atoms with Crippen molar-refractivity contribution in [3.8, 4) is 0 Å². The predicted molar refractivity (Wildman–Crippen MR) is 73.4 cm³/mol. The molecule has 18 heavy (non-hydrogen) atoms. The highest BCUT2D eigenvalue weighted by atomic mass is 15.1. The molecule has 0 bridgehead atoms. The predicted octanol–water partition coefficient (Wildman–Crippen LogP) is 2.01. The number of hydrogen-bond acceptors (Lipinski definition) is 3. The van der Waals surface area contributed by atoms with Gasteiger partial charge >= 0.3 is 0 Å². The summed E-state index contributed by atoms with van der Waals surface area (Å²) in [6.45, 7) is 4.37. The minimum absolute atomic E-state index is 0.181. The summed E-state index contributed by atoms with van der Waals surface area (Å²) in [5, 5.41) is 12.0. The molecule has 1 fully saturated rings. The molecule has 0 saturated carbocycles. The highest BCUT2D eigenvalue weighted by Gasteiger charge is 2.29. The van der Waals surface area contributed by atoms with Crippen LogP contribution in [0.25, 0.3) is 10.9 Å². The van der Waals surface area contributed by atoms with E-state index in [0.29, 0.717) is 6.04 Å². The Bertz CT molecular complexity index is 560. The summed E-state index contributed by atoms with van der Waals surface area (Å²) in [4.78, 5) is 0. The van der Waals surface area contributed by atoms with Crippen LogP contribution in [0.2, 0.25) is 0 Å². The summed E-state index contributed by atoms with van der Waals surface area (Å²) < 4.78 is 0. The van der Waals surface area contributed by atoms with E-state index in [1.807, 2.05) is 6.20 Å². The fourth-order valence-electron chi connectivity index (χ4n) is 2.98. The third kappa shape index (κ3) is 1.82. The van der Waals surface area contributed by atoms with Crippen molar-refractivity contribution in [1.82, 2.24) is 15.5 Å². The molecule has 0 radical (unpaired) electrons. The van der Waals surface area contributed by atoms with Gasteiger partial charge < -0.3 is 11.1 Å². The molecule has 0 spiro atoms. The quantitative estimate of drug-likeness (QED) is 0.719. The van der Waals surface area contributed by atoms with Crippen molar-refractivity contribution >= 4 is 10.9 Å². The largest absolute Gasteiger partial charge is 0.326 e. The second-order valence-corrected chi connectivity index (χ2v) is 5.41. The number of benzene rings is 1. The van der Waals surface area contributed by atoms with E-state index in [1.165, 1.54) is 16.5 Å². The number of H-pyrrole nitrogens is 1. The second kappa shape index (κ2) is 4.37. The summed E-state index contributed by atoms with van der Waals surface area (Å²) in [7, 11) is 0. The molecular formula is C14H20N4. The normalized spacial score (nSPS) is 28.7. The first-order chi connectivity index (χ1) is 8.66.